The minimum Gasteiger partial charge on any atom is -0.348 e. The summed E-state index contributed by atoms with van der Waals surface area (Å²) in [6.45, 7) is 4.34. The molecule has 1 aliphatic rings. The lowest BCUT2D eigenvalue weighted by Crippen LogP contribution is -2.23. The topological polar surface area (TPSA) is 77.6 Å². The maximum absolute atomic E-state index is 13.5. The van der Waals surface area contributed by atoms with Crippen molar-refractivity contribution in [3.63, 3.8) is 0 Å². The molecule has 164 valence electrons. The molecule has 8 heteroatoms. The van der Waals surface area contributed by atoms with Gasteiger partial charge in [0.2, 0.25) is 0 Å². The van der Waals surface area contributed by atoms with Crippen molar-refractivity contribution in [2.24, 2.45) is 7.05 Å². The van der Waals surface area contributed by atoms with Gasteiger partial charge in [-0.3, -0.25) is 9.48 Å². The summed E-state index contributed by atoms with van der Waals surface area (Å²) >= 11 is 0. The van der Waals surface area contributed by atoms with Gasteiger partial charge in [0, 0.05) is 37.0 Å². The molecular formula is C24H25FN6O. The Hall–Kier alpha value is -3.55. The third-order valence-corrected chi connectivity index (χ3v) is 5.91. The average Bonchev–Trinajstić information content (AvgIpc) is 3.48. The molecule has 32 heavy (non-hydrogen) atoms. The molecule has 1 aliphatic carbocycles. The molecule has 0 saturated heterocycles. The molecule has 7 nitrogen and oxygen atoms in total. The number of carbonyl (C=O) groups is 1. The molecule has 0 unspecified atom stereocenters. The van der Waals surface area contributed by atoms with E-state index in [0.717, 1.165) is 46.6 Å². The second kappa shape index (κ2) is 7.85. The van der Waals surface area contributed by atoms with E-state index in [2.05, 4.69) is 10.4 Å². The zero-order chi connectivity index (χ0) is 22.4. The lowest BCUT2D eigenvalue weighted by atomic mass is 10.1. The third-order valence-electron chi connectivity index (χ3n) is 5.91. The molecule has 1 aromatic carbocycles. The molecule has 0 radical (unpaired) electrons. The van der Waals surface area contributed by atoms with Gasteiger partial charge < -0.3 is 5.32 Å². The Balaban J connectivity index is 1.61. The highest BCUT2D eigenvalue weighted by Crippen LogP contribution is 2.43. The first-order chi connectivity index (χ1) is 15.4. The van der Waals surface area contributed by atoms with Crippen LogP contribution < -0.4 is 5.32 Å². The molecule has 0 atom stereocenters. The van der Waals surface area contributed by atoms with Crippen LogP contribution in [0, 0.1) is 12.7 Å². The number of aryl methyl sites for hydroxylation is 3. The fourth-order valence-electron chi connectivity index (χ4n) is 4.05. The molecule has 1 saturated carbocycles. The summed E-state index contributed by atoms with van der Waals surface area (Å²) in [6, 6.07) is 8.06. The Bertz CT molecular complexity index is 1320. The standard InChI is InChI=1S/C24H25FN6O/c1-4-18-11-20(24(32)26-12-16-13-30(3)28-14(16)2)21-22(15-5-6-15)29-31(23(21)27-18)19-9-7-17(25)8-10-19/h7-11,13,15H,4-6,12H2,1-3H3,(H,26,32). The Morgan fingerprint density at radius 1 is 1.22 bits per heavy atom. The van der Waals surface area contributed by atoms with Crippen LogP contribution in [0.15, 0.2) is 36.5 Å². The lowest BCUT2D eigenvalue weighted by Gasteiger charge is -2.09. The Morgan fingerprint density at radius 3 is 2.59 bits per heavy atom. The fourth-order valence-corrected chi connectivity index (χ4v) is 4.05. The van der Waals surface area contributed by atoms with Crippen molar-refractivity contribution in [1.29, 1.82) is 0 Å². The molecule has 3 heterocycles. The highest BCUT2D eigenvalue weighted by Gasteiger charge is 2.32. The molecule has 0 aliphatic heterocycles. The number of pyridine rings is 1. The predicted molar refractivity (Wildman–Crippen MR) is 119 cm³/mol. The minimum atomic E-state index is -0.305. The van der Waals surface area contributed by atoms with Crippen molar-refractivity contribution in [1.82, 2.24) is 29.9 Å². The van der Waals surface area contributed by atoms with Gasteiger partial charge in [-0.25, -0.2) is 14.1 Å². The largest absolute Gasteiger partial charge is 0.348 e. The van der Waals surface area contributed by atoms with Gasteiger partial charge in [0.05, 0.1) is 28.0 Å². The summed E-state index contributed by atoms with van der Waals surface area (Å²) in [6.07, 6.45) is 4.69. The predicted octanol–water partition coefficient (Wildman–Crippen LogP) is 3.97. The van der Waals surface area contributed by atoms with Crippen LogP contribution in [-0.2, 0) is 20.0 Å². The van der Waals surface area contributed by atoms with Gasteiger partial charge in [0.25, 0.3) is 5.91 Å². The summed E-state index contributed by atoms with van der Waals surface area (Å²) in [4.78, 5) is 18.2. The van der Waals surface area contributed by atoms with E-state index in [4.69, 9.17) is 10.1 Å². The summed E-state index contributed by atoms with van der Waals surface area (Å²) in [5.74, 6) is -0.142. The van der Waals surface area contributed by atoms with Gasteiger partial charge in [0.15, 0.2) is 5.65 Å². The molecule has 5 rings (SSSR count). The van der Waals surface area contributed by atoms with E-state index in [1.807, 2.05) is 33.2 Å². The van der Waals surface area contributed by atoms with E-state index in [1.54, 1.807) is 21.5 Å². The zero-order valence-electron chi connectivity index (χ0n) is 18.4. The van der Waals surface area contributed by atoms with Gasteiger partial charge >= 0.3 is 0 Å². The first-order valence-electron chi connectivity index (χ1n) is 10.9. The Kier molecular flexibility index (Phi) is 5.00. The van der Waals surface area contributed by atoms with Crippen molar-refractivity contribution in [2.45, 2.75) is 45.6 Å². The average molecular weight is 433 g/mol. The van der Waals surface area contributed by atoms with E-state index in [0.29, 0.717) is 30.1 Å². The first-order valence-corrected chi connectivity index (χ1v) is 10.9. The number of nitrogens with zero attached hydrogens (tertiary/aromatic N) is 5. The minimum absolute atomic E-state index is 0.157. The number of carbonyl (C=O) groups excluding carboxylic acids is 1. The maximum Gasteiger partial charge on any atom is 0.252 e. The molecule has 0 bridgehead atoms. The summed E-state index contributed by atoms with van der Waals surface area (Å²) < 4.78 is 17.0. The van der Waals surface area contributed by atoms with Crippen molar-refractivity contribution < 1.29 is 9.18 Å². The maximum atomic E-state index is 13.5. The van der Waals surface area contributed by atoms with Gasteiger partial charge in [-0.2, -0.15) is 10.2 Å². The highest BCUT2D eigenvalue weighted by molar-refractivity contribution is 6.07. The number of nitrogens with one attached hydrogen (secondary N) is 1. The van der Waals surface area contributed by atoms with Crippen LogP contribution in [0.1, 0.15) is 58.7 Å². The number of fused-ring (bicyclic) bond motifs is 1. The SMILES string of the molecule is CCc1cc(C(=O)NCc2cn(C)nc2C)c2c(C3CC3)nn(-c3ccc(F)cc3)c2n1. The van der Waals surface area contributed by atoms with E-state index in [-0.39, 0.29) is 11.7 Å². The van der Waals surface area contributed by atoms with Crippen molar-refractivity contribution in [3.05, 3.63) is 70.6 Å². The molecule has 0 spiro atoms. The number of hydrogen-bond acceptors (Lipinski definition) is 4. The summed E-state index contributed by atoms with van der Waals surface area (Å²) in [5.41, 5.74) is 5.52. The van der Waals surface area contributed by atoms with E-state index < -0.39 is 0 Å². The number of halogens is 1. The quantitative estimate of drug-likeness (QED) is 0.500. The van der Waals surface area contributed by atoms with Crippen LogP contribution in [0.4, 0.5) is 4.39 Å². The number of benzene rings is 1. The molecule has 4 aromatic rings. The van der Waals surface area contributed by atoms with Crippen molar-refractivity contribution >= 4 is 16.9 Å². The van der Waals surface area contributed by atoms with Gasteiger partial charge in [-0.15, -0.1) is 0 Å². The van der Waals surface area contributed by atoms with Gasteiger partial charge in [-0.05, 0) is 56.5 Å². The molecule has 1 N–H and O–H groups in total. The van der Waals surface area contributed by atoms with Crippen LogP contribution in [0.2, 0.25) is 0 Å². The van der Waals surface area contributed by atoms with Crippen LogP contribution in [0.25, 0.3) is 16.7 Å². The molecule has 1 fully saturated rings. The van der Waals surface area contributed by atoms with E-state index in [9.17, 15) is 9.18 Å². The lowest BCUT2D eigenvalue weighted by molar-refractivity contribution is 0.0952. The van der Waals surface area contributed by atoms with E-state index >= 15 is 0 Å². The second-order valence-corrected chi connectivity index (χ2v) is 8.36. The Labute approximate surface area is 185 Å². The normalized spacial score (nSPS) is 13.6. The second-order valence-electron chi connectivity index (χ2n) is 8.36. The third kappa shape index (κ3) is 3.66. The zero-order valence-corrected chi connectivity index (χ0v) is 18.4. The van der Waals surface area contributed by atoms with E-state index in [1.165, 1.54) is 12.1 Å². The monoisotopic (exact) mass is 432 g/mol. The van der Waals surface area contributed by atoms with Crippen molar-refractivity contribution in [3.8, 4) is 5.69 Å². The van der Waals surface area contributed by atoms with Gasteiger partial charge in [-0.1, -0.05) is 6.92 Å². The summed E-state index contributed by atoms with van der Waals surface area (Å²) in [7, 11) is 1.87. The first kappa shape index (κ1) is 20.4. The van der Waals surface area contributed by atoms with Gasteiger partial charge in [0.1, 0.15) is 5.82 Å². The fraction of sp³-hybridized carbons (Fsp3) is 0.333. The van der Waals surface area contributed by atoms with Crippen LogP contribution in [0.3, 0.4) is 0 Å². The number of rotatable bonds is 6. The highest BCUT2D eigenvalue weighted by atomic mass is 19.1. The molecule has 1 amide bonds. The summed E-state index contributed by atoms with van der Waals surface area (Å²) in [5, 5.41) is 13.0. The molecule has 3 aromatic heterocycles. The van der Waals surface area contributed by atoms with Crippen LogP contribution in [0.5, 0.6) is 0 Å². The van der Waals surface area contributed by atoms with Crippen molar-refractivity contribution in [2.75, 3.05) is 0 Å². The van der Waals surface area contributed by atoms with Crippen LogP contribution >= 0.6 is 0 Å². The molecular weight excluding hydrogens is 407 g/mol. The number of amides is 1. The number of aromatic nitrogens is 5. The smallest absolute Gasteiger partial charge is 0.252 e. The number of hydrogen-bond donors (Lipinski definition) is 1. The van der Waals surface area contributed by atoms with Crippen LogP contribution in [-0.4, -0.2) is 30.5 Å². The Morgan fingerprint density at radius 2 is 1.97 bits per heavy atom.